The fourth-order valence-electron chi connectivity index (χ4n) is 3.73. The fraction of sp³-hybridized carbons (Fsp3) is 0.120. The summed E-state index contributed by atoms with van der Waals surface area (Å²) in [6.07, 6.45) is 2.04. The average molecular weight is 492 g/mol. The number of nitrogens with zero attached hydrogens (tertiary/aromatic N) is 3. The van der Waals surface area contributed by atoms with E-state index in [9.17, 15) is 8.42 Å². The maximum atomic E-state index is 12.9. The van der Waals surface area contributed by atoms with Gasteiger partial charge in [-0.3, -0.25) is 0 Å². The standard InChI is InChI=1S/C25H22ClN5O2S/c1-16-3-7-19(8-4-16)23-15-22(18-9-11-20(26)12-10-18)27-25-28-24(29-31(23)25)30-34(32,33)21-13-5-17(2)6-14-21/h3-15,23H,1-2H3,(H2,27,28,29,30)/t23-/m0/s1. The van der Waals surface area contributed by atoms with E-state index in [1.165, 1.54) is 0 Å². The molecule has 1 aliphatic rings. The number of allylic oxidation sites excluding steroid dienone is 1. The Balaban J connectivity index is 1.53. The van der Waals surface area contributed by atoms with Gasteiger partial charge in [-0.15, -0.1) is 5.10 Å². The van der Waals surface area contributed by atoms with Crippen LogP contribution in [0.1, 0.15) is 28.3 Å². The van der Waals surface area contributed by atoms with Gasteiger partial charge in [0.25, 0.3) is 16.0 Å². The number of benzene rings is 3. The number of hydrogen-bond acceptors (Lipinski definition) is 5. The number of hydrogen-bond donors (Lipinski definition) is 2. The van der Waals surface area contributed by atoms with Crippen molar-refractivity contribution < 1.29 is 8.42 Å². The van der Waals surface area contributed by atoms with Crippen molar-refractivity contribution in [1.82, 2.24) is 14.8 Å². The lowest BCUT2D eigenvalue weighted by Gasteiger charge is -2.24. The highest BCUT2D eigenvalue weighted by Crippen LogP contribution is 2.34. The second-order valence-corrected chi connectivity index (χ2v) is 10.3. The van der Waals surface area contributed by atoms with Gasteiger partial charge in [0, 0.05) is 10.7 Å². The molecule has 0 bridgehead atoms. The Kier molecular flexibility index (Phi) is 5.63. The first-order chi connectivity index (χ1) is 16.3. The molecule has 4 aromatic rings. The van der Waals surface area contributed by atoms with Crippen molar-refractivity contribution in [2.75, 3.05) is 10.0 Å². The molecule has 0 radical (unpaired) electrons. The molecule has 172 valence electrons. The van der Waals surface area contributed by atoms with Crippen molar-refractivity contribution in [1.29, 1.82) is 0 Å². The molecule has 0 aliphatic carbocycles. The summed E-state index contributed by atoms with van der Waals surface area (Å²) in [5.74, 6) is 0.422. The Morgan fingerprint density at radius 1 is 0.912 bits per heavy atom. The second-order valence-electron chi connectivity index (χ2n) is 8.19. The minimum absolute atomic E-state index is 0.00839. The minimum Gasteiger partial charge on any atom is -0.324 e. The molecule has 2 heterocycles. The summed E-state index contributed by atoms with van der Waals surface area (Å²) in [6.45, 7) is 3.93. The summed E-state index contributed by atoms with van der Waals surface area (Å²) in [4.78, 5) is 4.60. The van der Waals surface area contributed by atoms with Gasteiger partial charge in [-0.05, 0) is 55.3 Å². The summed E-state index contributed by atoms with van der Waals surface area (Å²) < 4.78 is 30.0. The molecule has 0 amide bonds. The number of fused-ring (bicyclic) bond motifs is 1. The molecule has 1 atom stereocenters. The zero-order valence-electron chi connectivity index (χ0n) is 18.5. The number of aryl methyl sites for hydroxylation is 2. The highest BCUT2D eigenvalue weighted by atomic mass is 35.5. The van der Waals surface area contributed by atoms with Crippen LogP contribution in [0.3, 0.4) is 0 Å². The van der Waals surface area contributed by atoms with E-state index in [1.54, 1.807) is 28.9 Å². The summed E-state index contributed by atoms with van der Waals surface area (Å²) >= 11 is 6.06. The normalized spacial score (nSPS) is 15.3. The third-order valence-electron chi connectivity index (χ3n) is 5.60. The van der Waals surface area contributed by atoms with Crippen molar-refractivity contribution in [3.05, 3.63) is 106 Å². The molecule has 0 unspecified atom stereocenters. The van der Waals surface area contributed by atoms with E-state index < -0.39 is 10.0 Å². The fourth-order valence-corrected chi connectivity index (χ4v) is 4.80. The van der Waals surface area contributed by atoms with E-state index in [-0.39, 0.29) is 16.9 Å². The Morgan fingerprint density at radius 3 is 2.18 bits per heavy atom. The summed E-state index contributed by atoms with van der Waals surface area (Å²) in [5.41, 5.74) is 4.87. The van der Waals surface area contributed by atoms with Crippen LogP contribution in [0.2, 0.25) is 5.02 Å². The molecule has 1 aromatic heterocycles. The molecule has 9 heteroatoms. The van der Waals surface area contributed by atoms with Gasteiger partial charge in [0.1, 0.15) is 6.04 Å². The van der Waals surface area contributed by atoms with Crippen LogP contribution >= 0.6 is 11.6 Å². The van der Waals surface area contributed by atoms with Crippen molar-refractivity contribution >= 4 is 39.2 Å². The van der Waals surface area contributed by atoms with E-state index in [1.807, 2.05) is 68.5 Å². The largest absolute Gasteiger partial charge is 0.324 e. The molecule has 0 saturated heterocycles. The number of aromatic nitrogens is 3. The molecule has 7 nitrogen and oxygen atoms in total. The predicted octanol–water partition coefficient (Wildman–Crippen LogP) is 5.41. The Hall–Kier alpha value is -3.62. The maximum absolute atomic E-state index is 12.9. The quantitative estimate of drug-likeness (QED) is 0.390. The molecular weight excluding hydrogens is 470 g/mol. The predicted molar refractivity (Wildman–Crippen MR) is 134 cm³/mol. The Labute approximate surface area is 203 Å². The van der Waals surface area contributed by atoms with Gasteiger partial charge in [-0.25, -0.2) is 17.8 Å². The van der Waals surface area contributed by atoms with Crippen molar-refractivity contribution in [2.45, 2.75) is 24.8 Å². The number of anilines is 2. The molecule has 2 N–H and O–H groups in total. The van der Waals surface area contributed by atoms with Crippen molar-refractivity contribution in [3.8, 4) is 0 Å². The van der Waals surface area contributed by atoms with E-state index in [2.05, 4.69) is 20.1 Å². The van der Waals surface area contributed by atoms with Crippen LogP contribution in [-0.4, -0.2) is 23.2 Å². The number of sulfonamides is 1. The number of nitrogens with one attached hydrogen (secondary N) is 2. The van der Waals surface area contributed by atoms with E-state index in [0.29, 0.717) is 11.0 Å². The first-order valence-corrected chi connectivity index (χ1v) is 12.5. The smallest absolute Gasteiger partial charge is 0.264 e. The first kappa shape index (κ1) is 22.2. The average Bonchev–Trinajstić information content (AvgIpc) is 3.21. The van der Waals surface area contributed by atoms with Gasteiger partial charge >= 0.3 is 0 Å². The highest BCUT2D eigenvalue weighted by Gasteiger charge is 2.27. The van der Waals surface area contributed by atoms with E-state index in [4.69, 9.17) is 11.6 Å². The molecule has 0 spiro atoms. The van der Waals surface area contributed by atoms with Gasteiger partial charge in [0.05, 0.1) is 4.90 Å². The van der Waals surface area contributed by atoms with Gasteiger partial charge in [-0.1, -0.05) is 71.3 Å². The van der Waals surface area contributed by atoms with Gasteiger partial charge in [-0.2, -0.15) is 4.98 Å². The zero-order chi connectivity index (χ0) is 23.9. The van der Waals surface area contributed by atoms with Crippen LogP contribution in [0.4, 0.5) is 11.9 Å². The van der Waals surface area contributed by atoms with Crippen LogP contribution in [0.15, 0.2) is 83.8 Å². The van der Waals surface area contributed by atoms with E-state index in [0.717, 1.165) is 28.0 Å². The molecule has 5 rings (SSSR count). The van der Waals surface area contributed by atoms with E-state index >= 15 is 0 Å². The lowest BCUT2D eigenvalue weighted by atomic mass is 10.0. The summed E-state index contributed by atoms with van der Waals surface area (Å²) in [6, 6.07) is 21.9. The number of halogens is 1. The lowest BCUT2D eigenvalue weighted by Crippen LogP contribution is -2.20. The van der Waals surface area contributed by atoms with Crippen LogP contribution in [-0.2, 0) is 10.0 Å². The monoisotopic (exact) mass is 491 g/mol. The molecular formula is C25H22ClN5O2S. The summed E-state index contributed by atoms with van der Waals surface area (Å²) in [7, 11) is -3.84. The Bertz CT molecular complexity index is 1480. The van der Waals surface area contributed by atoms with Crippen LogP contribution in [0, 0.1) is 13.8 Å². The van der Waals surface area contributed by atoms with Crippen molar-refractivity contribution in [3.63, 3.8) is 0 Å². The SMILES string of the molecule is Cc1ccc([C@@H]2C=C(c3ccc(Cl)cc3)Nc3nc(NS(=O)(=O)c4ccc(C)cc4)nn32)cc1. The maximum Gasteiger partial charge on any atom is 0.264 e. The second kappa shape index (κ2) is 8.62. The van der Waals surface area contributed by atoms with Gasteiger partial charge in [0.15, 0.2) is 0 Å². The molecule has 0 fully saturated rings. The Morgan fingerprint density at radius 2 is 1.53 bits per heavy atom. The molecule has 1 aliphatic heterocycles. The molecule has 3 aromatic carbocycles. The first-order valence-electron chi connectivity index (χ1n) is 10.7. The van der Waals surface area contributed by atoms with Gasteiger partial charge in [0.2, 0.25) is 5.95 Å². The third-order valence-corrected chi connectivity index (χ3v) is 7.19. The van der Waals surface area contributed by atoms with Crippen LogP contribution in [0.25, 0.3) is 5.70 Å². The summed E-state index contributed by atoms with van der Waals surface area (Å²) in [5, 5.41) is 8.40. The number of rotatable bonds is 5. The molecule has 0 saturated carbocycles. The lowest BCUT2D eigenvalue weighted by molar-refractivity contribution is 0.598. The topological polar surface area (TPSA) is 88.9 Å². The van der Waals surface area contributed by atoms with Crippen molar-refractivity contribution in [2.24, 2.45) is 0 Å². The highest BCUT2D eigenvalue weighted by molar-refractivity contribution is 7.92. The van der Waals surface area contributed by atoms with Crippen LogP contribution in [0.5, 0.6) is 0 Å². The molecule has 34 heavy (non-hydrogen) atoms. The van der Waals surface area contributed by atoms with Gasteiger partial charge < -0.3 is 5.32 Å². The van der Waals surface area contributed by atoms with Crippen LogP contribution < -0.4 is 10.0 Å². The third kappa shape index (κ3) is 4.42. The minimum atomic E-state index is -3.84. The zero-order valence-corrected chi connectivity index (χ0v) is 20.1.